The van der Waals surface area contributed by atoms with E-state index in [1.54, 1.807) is 0 Å². The molecule has 1 N–H and O–H groups in total. The van der Waals surface area contributed by atoms with Crippen LogP contribution in [0, 0.1) is 19.3 Å². The van der Waals surface area contributed by atoms with Gasteiger partial charge in [-0.1, -0.05) is 38.6 Å². The standard InChI is InChI=1S/C16H23BrN2S/c1-10-6-11(2)14(13(17)7-10)19-15-18-9-12(20-15)8-16(3,4)5/h6-7,12H,8-9H2,1-5H3,(H,18,19). The molecular weight excluding hydrogens is 332 g/mol. The van der Waals surface area contributed by atoms with Crippen LogP contribution in [-0.2, 0) is 0 Å². The first-order valence-electron chi connectivity index (χ1n) is 6.99. The monoisotopic (exact) mass is 354 g/mol. The van der Waals surface area contributed by atoms with Crippen molar-refractivity contribution in [2.45, 2.75) is 46.3 Å². The maximum Gasteiger partial charge on any atom is 0.161 e. The first-order chi connectivity index (χ1) is 9.24. The number of hydrogen-bond acceptors (Lipinski definition) is 3. The van der Waals surface area contributed by atoms with Gasteiger partial charge in [0.1, 0.15) is 0 Å². The number of hydrogen-bond donors (Lipinski definition) is 1. The molecule has 0 radical (unpaired) electrons. The van der Waals surface area contributed by atoms with Gasteiger partial charge in [-0.25, -0.2) is 0 Å². The molecule has 1 atom stereocenters. The van der Waals surface area contributed by atoms with Gasteiger partial charge in [0.25, 0.3) is 0 Å². The number of nitrogens with zero attached hydrogens (tertiary/aromatic N) is 1. The average Bonchev–Trinajstić information content (AvgIpc) is 2.68. The molecule has 0 saturated carbocycles. The Bertz CT molecular complexity index is 509. The van der Waals surface area contributed by atoms with Gasteiger partial charge in [0.05, 0.1) is 12.2 Å². The highest BCUT2D eigenvalue weighted by Crippen LogP contribution is 2.34. The third kappa shape index (κ3) is 4.26. The summed E-state index contributed by atoms with van der Waals surface area (Å²) in [6, 6.07) is 4.34. The van der Waals surface area contributed by atoms with Crippen LogP contribution in [-0.4, -0.2) is 17.0 Å². The Labute approximate surface area is 135 Å². The van der Waals surface area contributed by atoms with Crippen LogP contribution in [0.25, 0.3) is 0 Å². The van der Waals surface area contributed by atoms with E-state index in [1.165, 1.54) is 17.5 Å². The zero-order chi connectivity index (χ0) is 14.9. The average molecular weight is 355 g/mol. The minimum atomic E-state index is 0.364. The van der Waals surface area contributed by atoms with Gasteiger partial charge >= 0.3 is 0 Å². The first-order valence-corrected chi connectivity index (χ1v) is 8.67. The number of thioether (sulfide) groups is 1. The lowest BCUT2D eigenvalue weighted by Crippen LogP contribution is -2.16. The largest absolute Gasteiger partial charge is 0.334 e. The van der Waals surface area contributed by atoms with Gasteiger partial charge in [0.15, 0.2) is 5.17 Å². The highest BCUT2D eigenvalue weighted by Gasteiger charge is 2.25. The quantitative estimate of drug-likeness (QED) is 0.770. The number of rotatable bonds is 2. The van der Waals surface area contributed by atoms with E-state index in [0.29, 0.717) is 10.7 Å². The Hall–Kier alpha value is -0.480. The Kier molecular flexibility index (Phi) is 4.85. The van der Waals surface area contributed by atoms with Crippen molar-refractivity contribution in [2.75, 3.05) is 11.9 Å². The Morgan fingerprint density at radius 2 is 2.05 bits per heavy atom. The van der Waals surface area contributed by atoms with E-state index >= 15 is 0 Å². The molecule has 0 fully saturated rings. The fraction of sp³-hybridized carbons (Fsp3) is 0.562. The molecule has 20 heavy (non-hydrogen) atoms. The second-order valence-corrected chi connectivity index (χ2v) is 8.86. The van der Waals surface area contributed by atoms with Gasteiger partial charge in [-0.15, -0.1) is 0 Å². The number of aryl methyl sites for hydroxylation is 2. The van der Waals surface area contributed by atoms with Crippen LogP contribution in [0.15, 0.2) is 21.6 Å². The lowest BCUT2D eigenvalue weighted by molar-refractivity contribution is 0.375. The highest BCUT2D eigenvalue weighted by atomic mass is 79.9. The zero-order valence-electron chi connectivity index (χ0n) is 12.9. The van der Waals surface area contributed by atoms with Gasteiger partial charge < -0.3 is 5.32 Å². The summed E-state index contributed by atoms with van der Waals surface area (Å²) in [5.41, 5.74) is 4.02. The predicted molar refractivity (Wildman–Crippen MR) is 95.0 cm³/mol. The Balaban J connectivity index is 2.03. The molecule has 0 aliphatic carbocycles. The van der Waals surface area contributed by atoms with Crippen molar-refractivity contribution in [2.24, 2.45) is 10.4 Å². The molecule has 0 saturated heterocycles. The molecule has 0 spiro atoms. The molecule has 0 aromatic heterocycles. The van der Waals surface area contributed by atoms with E-state index < -0.39 is 0 Å². The predicted octanol–water partition coefficient (Wildman–Crippen LogP) is 5.39. The molecule has 2 nitrogen and oxygen atoms in total. The van der Waals surface area contributed by atoms with Crippen LogP contribution in [0.2, 0.25) is 0 Å². The van der Waals surface area contributed by atoms with Crippen molar-refractivity contribution in [1.82, 2.24) is 0 Å². The number of amidine groups is 1. The molecule has 1 aliphatic rings. The van der Waals surface area contributed by atoms with Crippen LogP contribution in [0.1, 0.15) is 38.3 Å². The van der Waals surface area contributed by atoms with E-state index in [-0.39, 0.29) is 0 Å². The molecule has 1 aliphatic heterocycles. The van der Waals surface area contributed by atoms with Gasteiger partial charge in [-0.3, -0.25) is 4.99 Å². The molecule has 0 amide bonds. The van der Waals surface area contributed by atoms with Crippen molar-refractivity contribution in [3.8, 4) is 0 Å². The second-order valence-electron chi connectivity index (χ2n) is 6.71. The summed E-state index contributed by atoms with van der Waals surface area (Å²) in [4.78, 5) is 4.65. The summed E-state index contributed by atoms with van der Waals surface area (Å²) in [7, 11) is 0. The van der Waals surface area contributed by atoms with Crippen LogP contribution in [0.5, 0.6) is 0 Å². The lowest BCUT2D eigenvalue weighted by Gasteiger charge is -2.21. The fourth-order valence-electron chi connectivity index (χ4n) is 2.46. The summed E-state index contributed by atoms with van der Waals surface area (Å²) in [5, 5.41) is 5.13. The minimum Gasteiger partial charge on any atom is -0.334 e. The molecule has 0 bridgehead atoms. The summed E-state index contributed by atoms with van der Waals surface area (Å²) in [6.45, 7) is 12.0. The first kappa shape index (κ1) is 15.9. The molecular formula is C16H23BrN2S. The summed E-state index contributed by atoms with van der Waals surface area (Å²) < 4.78 is 1.11. The van der Waals surface area contributed by atoms with Crippen molar-refractivity contribution < 1.29 is 0 Å². The third-order valence-corrected chi connectivity index (χ3v) is 4.95. The summed E-state index contributed by atoms with van der Waals surface area (Å²) in [5.74, 6) is 0. The van der Waals surface area contributed by atoms with Crippen LogP contribution in [0.3, 0.4) is 0 Å². The molecule has 2 rings (SSSR count). The topological polar surface area (TPSA) is 24.4 Å². The van der Waals surface area contributed by atoms with Gasteiger partial charge in [-0.05, 0) is 58.8 Å². The van der Waals surface area contributed by atoms with E-state index in [9.17, 15) is 0 Å². The molecule has 4 heteroatoms. The minimum absolute atomic E-state index is 0.364. The van der Waals surface area contributed by atoms with Crippen molar-refractivity contribution >= 4 is 38.5 Å². The fourth-order valence-corrected chi connectivity index (χ4v) is 4.59. The smallest absolute Gasteiger partial charge is 0.161 e. The Morgan fingerprint density at radius 1 is 1.35 bits per heavy atom. The maximum atomic E-state index is 4.65. The second kappa shape index (κ2) is 6.10. The van der Waals surface area contributed by atoms with Crippen LogP contribution >= 0.6 is 27.7 Å². The number of halogens is 1. The van der Waals surface area contributed by atoms with Gasteiger partial charge in [0.2, 0.25) is 0 Å². The molecule has 110 valence electrons. The molecule has 1 heterocycles. The van der Waals surface area contributed by atoms with Crippen LogP contribution in [0.4, 0.5) is 5.69 Å². The molecule has 1 aromatic carbocycles. The third-order valence-electron chi connectivity index (χ3n) is 3.22. The SMILES string of the molecule is Cc1cc(C)c(NC2=NCC(CC(C)(C)C)S2)c(Br)c1. The number of anilines is 1. The van der Waals surface area contributed by atoms with E-state index in [2.05, 4.69) is 73.0 Å². The van der Waals surface area contributed by atoms with Gasteiger partial charge in [-0.2, -0.15) is 0 Å². The van der Waals surface area contributed by atoms with Crippen molar-refractivity contribution in [1.29, 1.82) is 0 Å². The zero-order valence-corrected chi connectivity index (χ0v) is 15.3. The van der Waals surface area contributed by atoms with Gasteiger partial charge in [0, 0.05) is 9.72 Å². The molecule has 1 aromatic rings. The maximum absolute atomic E-state index is 4.65. The number of nitrogens with one attached hydrogen (secondary N) is 1. The number of benzene rings is 1. The highest BCUT2D eigenvalue weighted by molar-refractivity contribution is 9.10. The normalized spacial score (nSPS) is 19.1. The lowest BCUT2D eigenvalue weighted by atomic mass is 9.90. The Morgan fingerprint density at radius 3 is 2.65 bits per heavy atom. The summed E-state index contributed by atoms with van der Waals surface area (Å²) >= 11 is 5.51. The molecule has 1 unspecified atom stereocenters. The van der Waals surface area contributed by atoms with E-state index in [1.807, 2.05) is 11.8 Å². The van der Waals surface area contributed by atoms with Crippen molar-refractivity contribution in [3.63, 3.8) is 0 Å². The van der Waals surface area contributed by atoms with Crippen molar-refractivity contribution in [3.05, 3.63) is 27.7 Å². The van der Waals surface area contributed by atoms with E-state index in [0.717, 1.165) is 21.9 Å². The number of aliphatic imine (C=N–C) groups is 1. The van der Waals surface area contributed by atoms with Crippen LogP contribution < -0.4 is 5.32 Å². The summed E-state index contributed by atoms with van der Waals surface area (Å²) in [6.07, 6.45) is 1.19. The van der Waals surface area contributed by atoms with E-state index in [4.69, 9.17) is 0 Å².